The number of carboxylic acids is 1. The number of carbonyl (C=O) groups is 1. The van der Waals surface area contributed by atoms with E-state index in [1.807, 2.05) is 0 Å². The molecule has 1 heterocycles. The Hall–Kier alpha value is -1.83. The summed E-state index contributed by atoms with van der Waals surface area (Å²) >= 11 is 0. The molecule has 1 aromatic rings. The van der Waals surface area contributed by atoms with E-state index in [2.05, 4.69) is 0 Å². The third-order valence-electron chi connectivity index (χ3n) is 4.18. The minimum Gasteiger partial charge on any atom is -0.496 e. The minimum absolute atomic E-state index is 0.0382. The highest BCUT2D eigenvalue weighted by molar-refractivity contribution is 5.75. The zero-order valence-corrected chi connectivity index (χ0v) is 12.7. The van der Waals surface area contributed by atoms with E-state index in [1.165, 1.54) is 20.1 Å². The average Bonchev–Trinajstić information content (AvgIpc) is 2.81. The maximum absolute atomic E-state index is 13.6. The Kier molecular flexibility index (Phi) is 4.32. The van der Waals surface area contributed by atoms with E-state index in [4.69, 9.17) is 9.47 Å². The summed E-state index contributed by atoms with van der Waals surface area (Å²) in [6.07, 6.45) is -7.01. The molecular formula is C15H16F4O4. The molecule has 128 valence electrons. The molecule has 3 atom stereocenters. The molecule has 0 aliphatic carbocycles. The Labute approximate surface area is 130 Å². The Morgan fingerprint density at radius 1 is 1.43 bits per heavy atom. The largest absolute Gasteiger partial charge is 0.496 e. The van der Waals surface area contributed by atoms with Gasteiger partial charge in [-0.3, -0.25) is 0 Å². The van der Waals surface area contributed by atoms with Crippen molar-refractivity contribution in [1.29, 1.82) is 0 Å². The van der Waals surface area contributed by atoms with Crippen molar-refractivity contribution < 1.29 is 36.9 Å². The van der Waals surface area contributed by atoms with E-state index in [0.29, 0.717) is 0 Å². The van der Waals surface area contributed by atoms with Crippen LogP contribution in [0.4, 0.5) is 17.6 Å². The molecule has 0 saturated carbocycles. The van der Waals surface area contributed by atoms with Crippen molar-refractivity contribution >= 4 is 5.97 Å². The number of ether oxygens (including phenoxy) is 2. The predicted molar refractivity (Wildman–Crippen MR) is 72.0 cm³/mol. The van der Waals surface area contributed by atoms with E-state index in [0.717, 1.165) is 13.0 Å². The summed E-state index contributed by atoms with van der Waals surface area (Å²) in [4.78, 5) is 11.3. The number of rotatable bonds is 3. The first-order valence-corrected chi connectivity index (χ1v) is 6.82. The number of hydrogen-bond acceptors (Lipinski definition) is 3. The molecule has 0 aromatic heterocycles. The lowest BCUT2D eigenvalue weighted by atomic mass is 9.85. The normalized spacial score (nSPS) is 28.0. The highest BCUT2D eigenvalue weighted by Gasteiger charge is 2.61. The first kappa shape index (κ1) is 17.5. The predicted octanol–water partition coefficient (Wildman–Crippen LogP) is 3.42. The van der Waals surface area contributed by atoms with Gasteiger partial charge in [0.2, 0.25) is 0 Å². The number of benzene rings is 1. The van der Waals surface area contributed by atoms with Crippen LogP contribution in [0.5, 0.6) is 5.75 Å². The van der Waals surface area contributed by atoms with Gasteiger partial charge in [-0.15, -0.1) is 0 Å². The average molecular weight is 336 g/mol. The molecule has 4 nitrogen and oxygen atoms in total. The van der Waals surface area contributed by atoms with E-state index in [-0.39, 0.29) is 16.9 Å². The van der Waals surface area contributed by atoms with Crippen molar-refractivity contribution in [2.45, 2.75) is 44.1 Å². The van der Waals surface area contributed by atoms with Gasteiger partial charge in [-0.05, 0) is 26.3 Å². The standard InChI is InChI=1S/C15H16F4O4/c1-7-10(16)5-4-8(11(7)22-3)9-6-14(2,15(17,18)19)23-12(9)13(20)21/h4-5,9,12H,6H2,1-3H3,(H,20,21)/t9-,12+,14+/m0/s1. The van der Waals surface area contributed by atoms with Crippen molar-refractivity contribution in [3.8, 4) is 5.75 Å². The zero-order chi connectivity index (χ0) is 17.6. The van der Waals surface area contributed by atoms with E-state index < -0.39 is 42.0 Å². The second-order valence-electron chi connectivity index (χ2n) is 5.71. The number of alkyl halides is 3. The Balaban J connectivity index is 2.53. The number of methoxy groups -OCH3 is 1. The highest BCUT2D eigenvalue weighted by atomic mass is 19.4. The fourth-order valence-corrected chi connectivity index (χ4v) is 2.87. The highest BCUT2D eigenvalue weighted by Crippen LogP contribution is 2.51. The van der Waals surface area contributed by atoms with Gasteiger partial charge >= 0.3 is 12.1 Å². The summed E-state index contributed by atoms with van der Waals surface area (Å²) in [5.41, 5.74) is -2.30. The quantitative estimate of drug-likeness (QED) is 0.860. The lowest BCUT2D eigenvalue weighted by molar-refractivity contribution is -0.263. The van der Waals surface area contributed by atoms with Gasteiger partial charge in [0.25, 0.3) is 0 Å². The number of halogens is 4. The second kappa shape index (κ2) is 5.67. The minimum atomic E-state index is -4.72. The monoisotopic (exact) mass is 336 g/mol. The summed E-state index contributed by atoms with van der Waals surface area (Å²) in [7, 11) is 1.25. The Morgan fingerprint density at radius 3 is 2.52 bits per heavy atom. The molecule has 1 fully saturated rings. The topological polar surface area (TPSA) is 55.8 Å². The van der Waals surface area contributed by atoms with Gasteiger partial charge in [-0.25, -0.2) is 9.18 Å². The summed E-state index contributed by atoms with van der Waals surface area (Å²) in [6.45, 7) is 2.22. The van der Waals surface area contributed by atoms with Crippen molar-refractivity contribution in [3.05, 3.63) is 29.1 Å². The zero-order valence-electron chi connectivity index (χ0n) is 12.7. The molecular weight excluding hydrogens is 320 g/mol. The summed E-state index contributed by atoms with van der Waals surface area (Å²) < 4.78 is 63.1. The fourth-order valence-electron chi connectivity index (χ4n) is 2.87. The molecule has 1 aliphatic heterocycles. The van der Waals surface area contributed by atoms with Crippen LogP contribution in [-0.4, -0.2) is 36.1 Å². The van der Waals surface area contributed by atoms with Crippen LogP contribution < -0.4 is 4.74 Å². The Morgan fingerprint density at radius 2 is 2.04 bits per heavy atom. The van der Waals surface area contributed by atoms with Crippen LogP contribution in [0, 0.1) is 12.7 Å². The maximum Gasteiger partial charge on any atom is 0.417 e. The van der Waals surface area contributed by atoms with Crippen LogP contribution >= 0.6 is 0 Å². The molecule has 1 aliphatic rings. The molecule has 0 spiro atoms. The fraction of sp³-hybridized carbons (Fsp3) is 0.533. The van der Waals surface area contributed by atoms with Crippen LogP contribution in [0.25, 0.3) is 0 Å². The van der Waals surface area contributed by atoms with Gasteiger partial charge in [0, 0.05) is 17.0 Å². The number of carboxylic acid groups (broad SMARTS) is 1. The van der Waals surface area contributed by atoms with Gasteiger partial charge in [-0.1, -0.05) is 6.07 Å². The van der Waals surface area contributed by atoms with Crippen LogP contribution in [0.15, 0.2) is 12.1 Å². The molecule has 0 radical (unpaired) electrons. The molecule has 1 N–H and O–H groups in total. The van der Waals surface area contributed by atoms with Gasteiger partial charge in [0.05, 0.1) is 7.11 Å². The molecule has 1 saturated heterocycles. The van der Waals surface area contributed by atoms with Crippen LogP contribution in [-0.2, 0) is 9.53 Å². The smallest absolute Gasteiger partial charge is 0.417 e. The van der Waals surface area contributed by atoms with E-state index in [9.17, 15) is 27.5 Å². The van der Waals surface area contributed by atoms with Crippen molar-refractivity contribution in [3.63, 3.8) is 0 Å². The number of aliphatic carboxylic acids is 1. The lowest BCUT2D eigenvalue weighted by Crippen LogP contribution is -2.42. The van der Waals surface area contributed by atoms with Gasteiger partial charge in [-0.2, -0.15) is 13.2 Å². The van der Waals surface area contributed by atoms with Crippen molar-refractivity contribution in [1.82, 2.24) is 0 Å². The first-order valence-electron chi connectivity index (χ1n) is 6.82. The van der Waals surface area contributed by atoms with Crippen molar-refractivity contribution in [2.24, 2.45) is 0 Å². The molecule has 0 amide bonds. The third-order valence-corrected chi connectivity index (χ3v) is 4.18. The lowest BCUT2D eigenvalue weighted by Gasteiger charge is -2.26. The van der Waals surface area contributed by atoms with Gasteiger partial charge in [0.15, 0.2) is 11.7 Å². The Bertz CT molecular complexity index is 629. The molecule has 1 aromatic carbocycles. The van der Waals surface area contributed by atoms with Gasteiger partial charge in [0.1, 0.15) is 11.6 Å². The molecule has 0 unspecified atom stereocenters. The van der Waals surface area contributed by atoms with Crippen LogP contribution in [0.1, 0.15) is 30.4 Å². The van der Waals surface area contributed by atoms with Crippen LogP contribution in [0.2, 0.25) is 0 Å². The van der Waals surface area contributed by atoms with Crippen molar-refractivity contribution in [2.75, 3.05) is 7.11 Å². The van der Waals surface area contributed by atoms with E-state index >= 15 is 0 Å². The molecule has 0 bridgehead atoms. The summed E-state index contributed by atoms with van der Waals surface area (Å²) in [5.74, 6) is -3.16. The van der Waals surface area contributed by atoms with Gasteiger partial charge < -0.3 is 14.6 Å². The first-order chi connectivity index (χ1) is 10.5. The third kappa shape index (κ3) is 2.87. The maximum atomic E-state index is 13.6. The van der Waals surface area contributed by atoms with E-state index in [1.54, 1.807) is 0 Å². The molecule has 2 rings (SSSR count). The molecule has 8 heteroatoms. The summed E-state index contributed by atoms with van der Waals surface area (Å²) in [5, 5.41) is 9.22. The number of hydrogen-bond donors (Lipinski definition) is 1. The summed E-state index contributed by atoms with van der Waals surface area (Å²) in [6, 6.07) is 2.32. The SMILES string of the molecule is COc1c([C@@H]2C[C@](C)(C(F)(F)F)O[C@H]2C(=O)O)ccc(F)c1C. The second-order valence-corrected chi connectivity index (χ2v) is 5.71. The molecule has 23 heavy (non-hydrogen) atoms. The van der Waals surface area contributed by atoms with Crippen LogP contribution in [0.3, 0.4) is 0 Å².